The first kappa shape index (κ1) is 19.2. The second kappa shape index (κ2) is 9.38. The van der Waals surface area contributed by atoms with Crippen molar-refractivity contribution in [2.24, 2.45) is 29.6 Å². The fourth-order valence-corrected chi connectivity index (χ4v) is 5.01. The summed E-state index contributed by atoms with van der Waals surface area (Å²) in [6, 6.07) is 0. The molecule has 3 aliphatic carbocycles. The summed E-state index contributed by atoms with van der Waals surface area (Å²) in [5, 5.41) is 0. The van der Waals surface area contributed by atoms with Gasteiger partial charge in [-0.05, 0) is 93.8 Å². The maximum atomic E-state index is 12.1. The number of ketones is 1. The third kappa shape index (κ3) is 7.27. The monoisotopic (exact) mass is 344 g/mol. The maximum Gasteiger partial charge on any atom is 0.132 e. The van der Waals surface area contributed by atoms with Crippen molar-refractivity contribution in [1.82, 2.24) is 0 Å². The second-order valence-corrected chi connectivity index (χ2v) is 9.79. The first-order valence-corrected chi connectivity index (χ1v) is 11.3. The molecule has 1 nitrogen and oxygen atoms in total. The van der Waals surface area contributed by atoms with Gasteiger partial charge in [-0.2, -0.15) is 0 Å². The lowest BCUT2D eigenvalue weighted by Crippen LogP contribution is -2.10. The number of hydrogen-bond acceptors (Lipinski definition) is 1. The minimum absolute atomic E-state index is 0.515. The first-order valence-electron chi connectivity index (χ1n) is 11.3. The molecule has 25 heavy (non-hydrogen) atoms. The Labute approximate surface area is 156 Å². The minimum Gasteiger partial charge on any atom is -0.300 e. The molecule has 0 bridgehead atoms. The zero-order chi connectivity index (χ0) is 17.6. The van der Waals surface area contributed by atoms with E-state index in [4.69, 9.17) is 0 Å². The van der Waals surface area contributed by atoms with E-state index < -0.39 is 0 Å². The van der Waals surface area contributed by atoms with Gasteiger partial charge >= 0.3 is 0 Å². The molecule has 0 aliphatic heterocycles. The molecule has 3 aliphatic rings. The van der Waals surface area contributed by atoms with Gasteiger partial charge in [-0.25, -0.2) is 0 Å². The summed E-state index contributed by atoms with van der Waals surface area (Å²) in [5.41, 5.74) is 1.41. The van der Waals surface area contributed by atoms with Crippen LogP contribution in [-0.2, 0) is 4.79 Å². The van der Waals surface area contributed by atoms with E-state index in [0.29, 0.717) is 5.78 Å². The van der Waals surface area contributed by atoms with E-state index in [1.807, 2.05) is 0 Å². The average Bonchev–Trinajstić information content (AvgIpc) is 3.50. The molecule has 3 rings (SSSR count). The van der Waals surface area contributed by atoms with Crippen LogP contribution in [0.2, 0.25) is 0 Å². The highest BCUT2D eigenvalue weighted by Crippen LogP contribution is 2.52. The number of carbonyl (C=O) groups excluding carboxylic acids is 1. The van der Waals surface area contributed by atoms with Gasteiger partial charge < -0.3 is 0 Å². The molecule has 0 heterocycles. The Morgan fingerprint density at radius 2 is 1.68 bits per heavy atom. The van der Waals surface area contributed by atoms with Gasteiger partial charge in [-0.3, -0.25) is 4.79 Å². The predicted octanol–water partition coefficient (Wildman–Crippen LogP) is 7.10. The van der Waals surface area contributed by atoms with Gasteiger partial charge in [0.15, 0.2) is 0 Å². The molecule has 0 radical (unpaired) electrons. The van der Waals surface area contributed by atoms with E-state index in [-0.39, 0.29) is 0 Å². The van der Waals surface area contributed by atoms with Crippen molar-refractivity contribution in [3.05, 3.63) is 12.2 Å². The normalized spacial score (nSPS) is 29.1. The number of fused-ring (bicyclic) bond motifs is 1. The Morgan fingerprint density at radius 1 is 0.920 bits per heavy atom. The number of allylic oxidation sites excluding steroid dienone is 1. The molecule has 4 atom stereocenters. The van der Waals surface area contributed by atoms with E-state index in [2.05, 4.69) is 13.5 Å². The third-order valence-corrected chi connectivity index (χ3v) is 7.14. The quantitative estimate of drug-likeness (QED) is 0.257. The molecule has 0 aromatic carbocycles. The van der Waals surface area contributed by atoms with Crippen LogP contribution >= 0.6 is 0 Å². The van der Waals surface area contributed by atoms with Gasteiger partial charge in [0.05, 0.1) is 0 Å². The number of hydrogen-bond donors (Lipinski definition) is 0. The molecule has 142 valence electrons. The smallest absolute Gasteiger partial charge is 0.132 e. The number of carbonyl (C=O) groups is 1. The fourth-order valence-electron chi connectivity index (χ4n) is 5.01. The molecular formula is C24H40O. The molecule has 3 saturated carbocycles. The standard InChI is InChI=1S/C24H40O/c1-18(7-8-19(2)15-20-9-10-20)5-3-4-6-24(25)14-12-21-11-13-22-17-23(22)16-21/h19-23H,1,3-17H2,2H3. The Balaban J connectivity index is 1.15. The molecule has 0 N–H and O–H groups in total. The fraction of sp³-hybridized carbons (Fsp3) is 0.875. The lowest BCUT2D eigenvalue weighted by molar-refractivity contribution is -0.119. The summed E-state index contributed by atoms with van der Waals surface area (Å²) >= 11 is 0. The van der Waals surface area contributed by atoms with Crippen molar-refractivity contribution in [2.75, 3.05) is 0 Å². The lowest BCUT2D eigenvalue weighted by Gasteiger charge is -2.20. The van der Waals surface area contributed by atoms with E-state index in [1.165, 1.54) is 69.8 Å². The van der Waals surface area contributed by atoms with Crippen molar-refractivity contribution < 1.29 is 4.79 Å². The molecule has 0 aromatic heterocycles. The Kier molecular flexibility index (Phi) is 7.19. The SMILES string of the molecule is C=C(CCCCC(=O)CCC1CCC2CC2C1)CCC(C)CC1CC1. The first-order chi connectivity index (χ1) is 12.1. The van der Waals surface area contributed by atoms with Crippen LogP contribution in [0, 0.1) is 29.6 Å². The van der Waals surface area contributed by atoms with Crippen LogP contribution in [0.1, 0.15) is 103 Å². The summed E-state index contributed by atoms with van der Waals surface area (Å²) in [4.78, 5) is 12.1. The number of unbranched alkanes of at least 4 members (excludes halogenated alkanes) is 1. The lowest BCUT2D eigenvalue weighted by atomic mass is 9.85. The highest BCUT2D eigenvalue weighted by atomic mass is 16.1. The summed E-state index contributed by atoms with van der Waals surface area (Å²) in [7, 11) is 0. The summed E-state index contributed by atoms with van der Waals surface area (Å²) in [6.07, 6.45) is 18.9. The maximum absolute atomic E-state index is 12.1. The topological polar surface area (TPSA) is 17.1 Å². The third-order valence-electron chi connectivity index (χ3n) is 7.14. The van der Waals surface area contributed by atoms with Gasteiger partial charge in [-0.1, -0.05) is 38.3 Å². The van der Waals surface area contributed by atoms with Gasteiger partial charge in [0.2, 0.25) is 0 Å². The van der Waals surface area contributed by atoms with Crippen molar-refractivity contribution in [2.45, 2.75) is 103 Å². The van der Waals surface area contributed by atoms with Crippen LogP contribution in [0.15, 0.2) is 12.2 Å². The van der Waals surface area contributed by atoms with E-state index in [9.17, 15) is 4.79 Å². The van der Waals surface area contributed by atoms with Gasteiger partial charge in [0.1, 0.15) is 5.78 Å². The Hall–Kier alpha value is -0.590. The average molecular weight is 345 g/mol. The van der Waals surface area contributed by atoms with Crippen LogP contribution in [0.25, 0.3) is 0 Å². The van der Waals surface area contributed by atoms with Crippen molar-refractivity contribution >= 4 is 5.78 Å². The molecule has 0 saturated heterocycles. The molecule has 4 unspecified atom stereocenters. The summed E-state index contributed by atoms with van der Waals surface area (Å²) < 4.78 is 0. The highest BCUT2D eigenvalue weighted by molar-refractivity contribution is 5.78. The Morgan fingerprint density at radius 3 is 2.44 bits per heavy atom. The number of Topliss-reactive ketones (excluding diaryl/α,β-unsaturated/α-hetero) is 1. The van der Waals surface area contributed by atoms with Crippen molar-refractivity contribution in [1.29, 1.82) is 0 Å². The molecule has 1 heteroatoms. The van der Waals surface area contributed by atoms with E-state index >= 15 is 0 Å². The summed E-state index contributed by atoms with van der Waals surface area (Å²) in [6.45, 7) is 6.66. The van der Waals surface area contributed by atoms with E-state index in [1.54, 1.807) is 0 Å². The molecular weight excluding hydrogens is 304 g/mol. The largest absolute Gasteiger partial charge is 0.300 e. The zero-order valence-corrected chi connectivity index (χ0v) is 16.6. The predicted molar refractivity (Wildman–Crippen MR) is 107 cm³/mol. The molecule has 0 spiro atoms. The van der Waals surface area contributed by atoms with Gasteiger partial charge in [0.25, 0.3) is 0 Å². The molecule has 3 fully saturated rings. The van der Waals surface area contributed by atoms with Crippen molar-refractivity contribution in [3.63, 3.8) is 0 Å². The van der Waals surface area contributed by atoms with Crippen LogP contribution < -0.4 is 0 Å². The minimum atomic E-state index is 0.515. The van der Waals surface area contributed by atoms with Gasteiger partial charge in [-0.15, -0.1) is 0 Å². The van der Waals surface area contributed by atoms with E-state index in [0.717, 1.165) is 61.7 Å². The molecule has 0 amide bonds. The van der Waals surface area contributed by atoms with Crippen LogP contribution in [0.3, 0.4) is 0 Å². The number of rotatable bonds is 13. The van der Waals surface area contributed by atoms with Crippen LogP contribution in [-0.4, -0.2) is 5.78 Å². The van der Waals surface area contributed by atoms with Crippen LogP contribution in [0.4, 0.5) is 0 Å². The zero-order valence-electron chi connectivity index (χ0n) is 16.6. The van der Waals surface area contributed by atoms with Gasteiger partial charge in [0, 0.05) is 12.8 Å². The summed E-state index contributed by atoms with van der Waals surface area (Å²) in [5.74, 6) is 5.43. The highest BCUT2D eigenvalue weighted by Gasteiger charge is 2.41. The van der Waals surface area contributed by atoms with Crippen LogP contribution in [0.5, 0.6) is 0 Å². The second-order valence-electron chi connectivity index (χ2n) is 9.79. The molecule has 0 aromatic rings. The Bertz CT molecular complexity index is 447. The van der Waals surface area contributed by atoms with Crippen molar-refractivity contribution in [3.8, 4) is 0 Å².